The molecule has 3 rings (SSSR count). The van der Waals surface area contributed by atoms with Gasteiger partial charge in [-0.25, -0.2) is 0 Å². The molecule has 1 saturated carbocycles. The van der Waals surface area contributed by atoms with Gasteiger partial charge in [0.2, 0.25) is 0 Å². The molecule has 0 saturated heterocycles. The molecule has 1 aromatic carbocycles. The van der Waals surface area contributed by atoms with Gasteiger partial charge in [0, 0.05) is 29.9 Å². The Hall–Kier alpha value is -1.22. The first kappa shape index (κ1) is 10.9. The van der Waals surface area contributed by atoms with Crippen LogP contribution in [0.25, 0.3) is 0 Å². The molecule has 1 fully saturated rings. The van der Waals surface area contributed by atoms with Crippen LogP contribution in [0.15, 0.2) is 18.2 Å². The van der Waals surface area contributed by atoms with Gasteiger partial charge in [-0.05, 0) is 31.4 Å². The van der Waals surface area contributed by atoms with Gasteiger partial charge >= 0.3 is 0 Å². The maximum atomic E-state index is 9.87. The smallest absolute Gasteiger partial charge is 0.120 e. The number of phenolic OH excluding ortho intramolecular Hbond substituents is 1. The summed E-state index contributed by atoms with van der Waals surface area (Å²) in [5.74, 6) is 0.424. The minimum Gasteiger partial charge on any atom is -0.508 e. The lowest BCUT2D eigenvalue weighted by atomic mass is 9.98. The highest BCUT2D eigenvalue weighted by molar-refractivity contribution is 5.59. The van der Waals surface area contributed by atoms with Gasteiger partial charge in [-0.3, -0.25) is 0 Å². The SMILES string of the molecule is Oc1cccc2c1CC(NC1CCCC1)CN2. The number of hydrogen-bond donors (Lipinski definition) is 3. The van der Waals surface area contributed by atoms with Crippen LogP contribution in [0.2, 0.25) is 0 Å². The molecule has 1 heterocycles. The Balaban J connectivity index is 1.69. The van der Waals surface area contributed by atoms with E-state index in [2.05, 4.69) is 10.6 Å². The Morgan fingerprint density at radius 3 is 2.82 bits per heavy atom. The fourth-order valence-corrected chi connectivity index (χ4v) is 3.05. The molecule has 3 heteroatoms. The molecule has 2 aliphatic rings. The van der Waals surface area contributed by atoms with Crippen molar-refractivity contribution in [1.29, 1.82) is 0 Å². The predicted octanol–water partition coefficient (Wildman–Crippen LogP) is 2.26. The molecular formula is C14H20N2O. The zero-order chi connectivity index (χ0) is 11.7. The normalized spacial score (nSPS) is 24.4. The van der Waals surface area contributed by atoms with Gasteiger partial charge in [0.15, 0.2) is 0 Å². The van der Waals surface area contributed by atoms with E-state index in [0.717, 1.165) is 24.2 Å². The van der Waals surface area contributed by atoms with Crippen LogP contribution in [0.5, 0.6) is 5.75 Å². The van der Waals surface area contributed by atoms with Gasteiger partial charge in [-0.2, -0.15) is 0 Å². The van der Waals surface area contributed by atoms with E-state index in [1.54, 1.807) is 6.07 Å². The number of benzene rings is 1. The van der Waals surface area contributed by atoms with Crippen molar-refractivity contribution >= 4 is 5.69 Å². The van der Waals surface area contributed by atoms with Gasteiger partial charge in [0.05, 0.1) is 0 Å². The van der Waals surface area contributed by atoms with Crippen molar-refractivity contribution in [2.45, 2.75) is 44.2 Å². The number of phenols is 1. The van der Waals surface area contributed by atoms with Crippen molar-refractivity contribution in [2.75, 3.05) is 11.9 Å². The van der Waals surface area contributed by atoms with Gasteiger partial charge in [-0.1, -0.05) is 18.9 Å². The number of hydrogen-bond acceptors (Lipinski definition) is 3. The molecule has 0 bridgehead atoms. The molecule has 3 N–H and O–H groups in total. The van der Waals surface area contributed by atoms with Crippen LogP contribution in [0, 0.1) is 0 Å². The molecule has 1 aliphatic heterocycles. The lowest BCUT2D eigenvalue weighted by Gasteiger charge is -2.29. The molecular weight excluding hydrogens is 212 g/mol. The topological polar surface area (TPSA) is 44.3 Å². The van der Waals surface area contributed by atoms with E-state index in [-0.39, 0.29) is 0 Å². The third-order valence-corrected chi connectivity index (χ3v) is 3.97. The maximum Gasteiger partial charge on any atom is 0.120 e. The summed E-state index contributed by atoms with van der Waals surface area (Å²) in [6, 6.07) is 6.86. The largest absolute Gasteiger partial charge is 0.508 e. The standard InChI is InChI=1S/C14H20N2O/c17-14-7-3-6-13-12(14)8-11(9-15-13)16-10-4-1-2-5-10/h3,6-7,10-11,15-17H,1-2,4-5,8-9H2. The zero-order valence-corrected chi connectivity index (χ0v) is 10.1. The predicted molar refractivity (Wildman–Crippen MR) is 69.5 cm³/mol. The highest BCUT2D eigenvalue weighted by Crippen LogP contribution is 2.30. The molecule has 92 valence electrons. The average Bonchev–Trinajstić information content (AvgIpc) is 2.83. The Kier molecular flexibility index (Phi) is 2.93. The van der Waals surface area contributed by atoms with Gasteiger partial charge < -0.3 is 15.7 Å². The summed E-state index contributed by atoms with van der Waals surface area (Å²) in [6.07, 6.45) is 6.28. The second kappa shape index (κ2) is 4.57. The van der Waals surface area contributed by atoms with E-state index in [9.17, 15) is 5.11 Å². The van der Waals surface area contributed by atoms with Crippen LogP contribution >= 0.6 is 0 Å². The Morgan fingerprint density at radius 2 is 2.00 bits per heavy atom. The second-order valence-corrected chi connectivity index (χ2v) is 5.23. The molecule has 0 spiro atoms. The van der Waals surface area contributed by atoms with E-state index in [1.165, 1.54) is 25.7 Å². The minimum absolute atomic E-state index is 0.424. The van der Waals surface area contributed by atoms with E-state index in [1.807, 2.05) is 12.1 Å². The van der Waals surface area contributed by atoms with Crippen molar-refractivity contribution in [3.63, 3.8) is 0 Å². The van der Waals surface area contributed by atoms with Crippen LogP contribution in [0.3, 0.4) is 0 Å². The van der Waals surface area contributed by atoms with E-state index in [0.29, 0.717) is 17.8 Å². The first-order valence-corrected chi connectivity index (χ1v) is 6.64. The highest BCUT2D eigenvalue weighted by Gasteiger charge is 2.24. The van der Waals surface area contributed by atoms with Crippen LogP contribution in [-0.2, 0) is 6.42 Å². The minimum atomic E-state index is 0.424. The molecule has 0 aromatic heterocycles. The highest BCUT2D eigenvalue weighted by atomic mass is 16.3. The number of aromatic hydroxyl groups is 1. The van der Waals surface area contributed by atoms with Crippen molar-refractivity contribution in [2.24, 2.45) is 0 Å². The summed E-state index contributed by atoms with van der Waals surface area (Å²) in [6.45, 7) is 0.965. The summed E-state index contributed by atoms with van der Waals surface area (Å²) >= 11 is 0. The van der Waals surface area contributed by atoms with E-state index < -0.39 is 0 Å². The average molecular weight is 232 g/mol. The summed E-state index contributed by atoms with van der Waals surface area (Å²) in [7, 11) is 0. The van der Waals surface area contributed by atoms with Crippen molar-refractivity contribution in [3.8, 4) is 5.75 Å². The lowest BCUT2D eigenvalue weighted by molar-refractivity contribution is 0.418. The lowest BCUT2D eigenvalue weighted by Crippen LogP contribution is -2.44. The van der Waals surface area contributed by atoms with E-state index in [4.69, 9.17) is 0 Å². The molecule has 17 heavy (non-hydrogen) atoms. The van der Waals surface area contributed by atoms with Gasteiger partial charge in [0.1, 0.15) is 5.75 Å². The number of rotatable bonds is 2. The molecule has 1 atom stereocenters. The Labute approximate surface area is 102 Å². The van der Waals surface area contributed by atoms with Crippen molar-refractivity contribution < 1.29 is 5.11 Å². The summed E-state index contributed by atoms with van der Waals surface area (Å²) in [5, 5.41) is 17.0. The van der Waals surface area contributed by atoms with Crippen molar-refractivity contribution in [1.82, 2.24) is 5.32 Å². The maximum absolute atomic E-state index is 9.87. The number of nitrogens with one attached hydrogen (secondary N) is 2. The molecule has 1 aromatic rings. The number of fused-ring (bicyclic) bond motifs is 1. The van der Waals surface area contributed by atoms with Crippen molar-refractivity contribution in [3.05, 3.63) is 23.8 Å². The summed E-state index contributed by atoms with van der Waals surface area (Å²) in [4.78, 5) is 0. The fraction of sp³-hybridized carbons (Fsp3) is 0.571. The molecule has 3 nitrogen and oxygen atoms in total. The summed E-state index contributed by atoms with van der Waals surface area (Å²) < 4.78 is 0. The monoisotopic (exact) mass is 232 g/mol. The third kappa shape index (κ3) is 2.25. The van der Waals surface area contributed by atoms with Crippen LogP contribution in [-0.4, -0.2) is 23.7 Å². The molecule has 1 unspecified atom stereocenters. The molecule has 0 radical (unpaired) electrons. The summed E-state index contributed by atoms with van der Waals surface area (Å²) in [5.41, 5.74) is 2.16. The quantitative estimate of drug-likeness (QED) is 0.733. The Morgan fingerprint density at radius 1 is 1.18 bits per heavy atom. The van der Waals surface area contributed by atoms with Crippen LogP contribution in [0.1, 0.15) is 31.2 Å². The second-order valence-electron chi connectivity index (χ2n) is 5.23. The van der Waals surface area contributed by atoms with Gasteiger partial charge in [0.25, 0.3) is 0 Å². The van der Waals surface area contributed by atoms with Gasteiger partial charge in [-0.15, -0.1) is 0 Å². The molecule has 1 aliphatic carbocycles. The zero-order valence-electron chi connectivity index (χ0n) is 10.1. The first-order valence-electron chi connectivity index (χ1n) is 6.64. The fourth-order valence-electron chi connectivity index (χ4n) is 3.05. The van der Waals surface area contributed by atoms with Crippen LogP contribution < -0.4 is 10.6 Å². The Bertz CT molecular complexity index is 399. The van der Waals surface area contributed by atoms with Crippen LogP contribution in [0.4, 0.5) is 5.69 Å². The van der Waals surface area contributed by atoms with E-state index >= 15 is 0 Å². The number of anilines is 1. The molecule has 0 amide bonds. The third-order valence-electron chi connectivity index (χ3n) is 3.97. The first-order chi connectivity index (χ1) is 8.33.